The highest BCUT2D eigenvalue weighted by Gasteiger charge is 2.19. The minimum atomic E-state index is -0.560. The van der Waals surface area contributed by atoms with Crippen LogP contribution in [0.25, 0.3) is 0 Å². The molecule has 0 atom stereocenters. The lowest BCUT2D eigenvalue weighted by Gasteiger charge is -2.26. The third-order valence-corrected chi connectivity index (χ3v) is 3.88. The van der Waals surface area contributed by atoms with E-state index in [1.807, 2.05) is 27.7 Å². The van der Waals surface area contributed by atoms with E-state index in [-0.39, 0.29) is 19.1 Å². The first-order chi connectivity index (χ1) is 13.9. The standard InChI is InChI=1S/C23H36N2O5/c1-16(2)13-25(14-17(3)4)20(26)15-29-21(27)19-10-8-18(9-11-19)12-24-22(28)30-23(5,6)7/h8-11,16-17H,12-15H2,1-7H3,(H,24,28). The van der Waals surface area contributed by atoms with E-state index in [2.05, 4.69) is 5.32 Å². The van der Waals surface area contributed by atoms with Crippen molar-refractivity contribution in [1.29, 1.82) is 0 Å². The number of benzene rings is 1. The number of nitrogens with one attached hydrogen (secondary N) is 1. The molecule has 0 saturated heterocycles. The molecule has 7 nitrogen and oxygen atoms in total. The van der Waals surface area contributed by atoms with Crippen LogP contribution in [0.5, 0.6) is 0 Å². The summed E-state index contributed by atoms with van der Waals surface area (Å²) in [7, 11) is 0. The second-order valence-electron chi connectivity index (χ2n) is 9.21. The minimum absolute atomic E-state index is 0.191. The molecule has 30 heavy (non-hydrogen) atoms. The van der Waals surface area contributed by atoms with Crippen LogP contribution in [0.15, 0.2) is 24.3 Å². The molecule has 1 aromatic rings. The molecule has 0 aromatic heterocycles. The summed E-state index contributed by atoms with van der Waals surface area (Å²) in [4.78, 5) is 38.2. The molecule has 0 aliphatic heterocycles. The number of carbonyl (C=O) groups excluding carboxylic acids is 3. The van der Waals surface area contributed by atoms with Gasteiger partial charge in [0.25, 0.3) is 5.91 Å². The molecule has 1 aromatic carbocycles. The molecule has 0 spiro atoms. The Morgan fingerprint density at radius 1 is 0.967 bits per heavy atom. The first-order valence-electron chi connectivity index (χ1n) is 10.4. The van der Waals surface area contributed by atoms with Crippen molar-refractivity contribution in [3.05, 3.63) is 35.4 Å². The maximum Gasteiger partial charge on any atom is 0.407 e. The Kier molecular flexibility index (Phi) is 9.82. The van der Waals surface area contributed by atoms with Gasteiger partial charge in [0, 0.05) is 19.6 Å². The summed E-state index contributed by atoms with van der Waals surface area (Å²) in [6, 6.07) is 6.66. The summed E-state index contributed by atoms with van der Waals surface area (Å²) >= 11 is 0. The summed E-state index contributed by atoms with van der Waals surface area (Å²) in [5.41, 5.74) is 0.603. The second-order valence-corrected chi connectivity index (χ2v) is 9.21. The summed E-state index contributed by atoms with van der Waals surface area (Å²) in [5.74, 6) is -0.0663. The second kappa shape index (κ2) is 11.6. The quantitative estimate of drug-likeness (QED) is 0.610. The Balaban J connectivity index is 2.55. The van der Waals surface area contributed by atoms with Crippen LogP contribution >= 0.6 is 0 Å². The van der Waals surface area contributed by atoms with E-state index < -0.39 is 17.7 Å². The van der Waals surface area contributed by atoms with Crippen LogP contribution in [0, 0.1) is 11.8 Å². The largest absolute Gasteiger partial charge is 0.452 e. The summed E-state index contributed by atoms with van der Waals surface area (Å²) in [6.07, 6.45) is -0.503. The van der Waals surface area contributed by atoms with Gasteiger partial charge in [0.1, 0.15) is 5.60 Å². The summed E-state index contributed by atoms with van der Waals surface area (Å²) in [6.45, 7) is 14.8. The minimum Gasteiger partial charge on any atom is -0.452 e. The van der Waals surface area contributed by atoms with Crippen LogP contribution in [0.2, 0.25) is 0 Å². The fraction of sp³-hybridized carbons (Fsp3) is 0.609. The number of alkyl carbamates (subject to hydrolysis) is 1. The van der Waals surface area contributed by atoms with Gasteiger partial charge in [-0.2, -0.15) is 0 Å². The van der Waals surface area contributed by atoms with E-state index >= 15 is 0 Å². The molecular weight excluding hydrogens is 384 g/mol. The van der Waals surface area contributed by atoms with Crippen LogP contribution < -0.4 is 5.32 Å². The van der Waals surface area contributed by atoms with Gasteiger partial charge in [0.05, 0.1) is 5.56 Å². The molecular formula is C23H36N2O5. The number of hydrogen-bond acceptors (Lipinski definition) is 5. The highest BCUT2D eigenvalue weighted by molar-refractivity contribution is 5.91. The van der Waals surface area contributed by atoms with Crippen LogP contribution in [0.4, 0.5) is 4.79 Å². The van der Waals surface area contributed by atoms with Crippen LogP contribution in [-0.4, -0.2) is 48.2 Å². The number of carbonyl (C=O) groups is 3. The molecule has 0 aliphatic carbocycles. The molecule has 2 amide bonds. The van der Waals surface area contributed by atoms with E-state index in [0.29, 0.717) is 30.5 Å². The van der Waals surface area contributed by atoms with E-state index in [0.717, 1.165) is 5.56 Å². The van der Waals surface area contributed by atoms with E-state index in [9.17, 15) is 14.4 Å². The zero-order valence-electron chi connectivity index (χ0n) is 19.3. The van der Waals surface area contributed by atoms with Crippen molar-refractivity contribution < 1.29 is 23.9 Å². The van der Waals surface area contributed by atoms with Gasteiger partial charge in [0.15, 0.2) is 6.61 Å². The van der Waals surface area contributed by atoms with Crippen LogP contribution in [-0.2, 0) is 20.8 Å². The Hall–Kier alpha value is -2.57. The molecule has 0 bridgehead atoms. The van der Waals surface area contributed by atoms with Crippen molar-refractivity contribution in [2.75, 3.05) is 19.7 Å². The average molecular weight is 421 g/mol. The normalized spacial score (nSPS) is 11.4. The molecule has 0 fully saturated rings. The van der Waals surface area contributed by atoms with Crippen LogP contribution in [0.1, 0.15) is 64.4 Å². The number of amides is 2. The van der Waals surface area contributed by atoms with Gasteiger partial charge < -0.3 is 19.7 Å². The molecule has 1 N–H and O–H groups in total. The lowest BCUT2D eigenvalue weighted by molar-refractivity contribution is -0.135. The first-order valence-corrected chi connectivity index (χ1v) is 10.4. The zero-order valence-corrected chi connectivity index (χ0v) is 19.3. The molecule has 7 heteroatoms. The average Bonchev–Trinajstić information content (AvgIpc) is 2.62. The Bertz CT molecular complexity index is 695. The number of rotatable bonds is 9. The van der Waals surface area contributed by atoms with E-state index in [4.69, 9.17) is 9.47 Å². The number of nitrogens with zero attached hydrogens (tertiary/aromatic N) is 1. The van der Waals surface area contributed by atoms with E-state index in [1.54, 1.807) is 49.9 Å². The molecule has 0 aliphatic rings. The molecule has 0 unspecified atom stereocenters. The summed E-state index contributed by atoms with van der Waals surface area (Å²) in [5, 5.41) is 2.66. The van der Waals surface area contributed by atoms with Gasteiger partial charge in [-0.25, -0.2) is 9.59 Å². The molecule has 0 radical (unpaired) electrons. The lowest BCUT2D eigenvalue weighted by Crippen LogP contribution is -2.39. The van der Waals surface area contributed by atoms with Crippen molar-refractivity contribution in [2.24, 2.45) is 11.8 Å². The van der Waals surface area contributed by atoms with Gasteiger partial charge in [0.2, 0.25) is 0 Å². The van der Waals surface area contributed by atoms with Crippen molar-refractivity contribution >= 4 is 18.0 Å². The SMILES string of the molecule is CC(C)CN(CC(C)C)C(=O)COC(=O)c1ccc(CNC(=O)OC(C)(C)C)cc1. The van der Waals surface area contributed by atoms with Crippen molar-refractivity contribution in [3.63, 3.8) is 0 Å². The number of esters is 1. The Morgan fingerprint density at radius 3 is 1.97 bits per heavy atom. The van der Waals surface area contributed by atoms with Gasteiger partial charge in [-0.05, 0) is 50.3 Å². The first kappa shape index (κ1) is 25.5. The van der Waals surface area contributed by atoms with Crippen molar-refractivity contribution in [3.8, 4) is 0 Å². The zero-order chi connectivity index (χ0) is 22.9. The number of ether oxygens (including phenoxy) is 2. The third-order valence-electron chi connectivity index (χ3n) is 3.88. The Morgan fingerprint density at radius 2 is 1.50 bits per heavy atom. The fourth-order valence-corrected chi connectivity index (χ4v) is 2.71. The lowest BCUT2D eigenvalue weighted by atomic mass is 10.1. The smallest absolute Gasteiger partial charge is 0.407 e. The summed E-state index contributed by atoms with van der Waals surface area (Å²) < 4.78 is 10.4. The molecule has 0 heterocycles. The van der Waals surface area contributed by atoms with Gasteiger partial charge in [-0.15, -0.1) is 0 Å². The van der Waals surface area contributed by atoms with Gasteiger partial charge in [-0.1, -0.05) is 39.8 Å². The van der Waals surface area contributed by atoms with Crippen molar-refractivity contribution in [1.82, 2.24) is 10.2 Å². The highest BCUT2D eigenvalue weighted by Crippen LogP contribution is 2.10. The predicted octanol–water partition coefficient (Wildman–Crippen LogP) is 4.01. The Labute approximate surface area is 180 Å². The monoisotopic (exact) mass is 420 g/mol. The van der Waals surface area contributed by atoms with Crippen LogP contribution in [0.3, 0.4) is 0 Å². The third kappa shape index (κ3) is 10.3. The molecule has 1 rings (SSSR count). The fourth-order valence-electron chi connectivity index (χ4n) is 2.71. The maximum atomic E-state index is 12.4. The van der Waals surface area contributed by atoms with Gasteiger partial charge >= 0.3 is 12.1 Å². The van der Waals surface area contributed by atoms with Gasteiger partial charge in [-0.3, -0.25) is 4.79 Å². The topological polar surface area (TPSA) is 84.9 Å². The maximum absolute atomic E-state index is 12.4. The van der Waals surface area contributed by atoms with E-state index in [1.165, 1.54) is 0 Å². The molecule has 168 valence electrons. The number of hydrogen-bond donors (Lipinski definition) is 1. The predicted molar refractivity (Wildman–Crippen MR) is 116 cm³/mol. The highest BCUT2D eigenvalue weighted by atomic mass is 16.6. The molecule has 0 saturated carbocycles. The van der Waals surface area contributed by atoms with Crippen molar-refractivity contribution in [2.45, 2.75) is 60.6 Å².